The molecule has 2 aromatic rings. The Labute approximate surface area is 140 Å². The molecule has 0 aliphatic heterocycles. The van der Waals surface area contributed by atoms with Gasteiger partial charge in [0.15, 0.2) is 5.69 Å². The topological polar surface area (TPSA) is 84.2 Å². The molecule has 132 valence electrons. The van der Waals surface area contributed by atoms with E-state index in [4.69, 9.17) is 5.11 Å². The number of hydrogen-bond donors (Lipinski definition) is 2. The van der Waals surface area contributed by atoms with Crippen LogP contribution in [0.25, 0.3) is 5.69 Å². The van der Waals surface area contributed by atoms with Crippen molar-refractivity contribution in [2.75, 3.05) is 0 Å². The molecule has 3 rings (SSSR count). The van der Waals surface area contributed by atoms with Gasteiger partial charge in [0.2, 0.25) is 0 Å². The van der Waals surface area contributed by atoms with Crippen molar-refractivity contribution >= 4 is 11.9 Å². The molecule has 25 heavy (non-hydrogen) atoms. The van der Waals surface area contributed by atoms with Gasteiger partial charge in [-0.2, -0.15) is 18.3 Å². The van der Waals surface area contributed by atoms with Crippen LogP contribution in [0, 0.1) is 5.92 Å². The van der Waals surface area contributed by atoms with Crippen LogP contribution in [0.5, 0.6) is 0 Å². The number of alkyl halides is 3. The second-order valence-electron chi connectivity index (χ2n) is 5.87. The number of carboxylic acid groups (broad SMARTS) is 1. The molecule has 1 aromatic carbocycles. The monoisotopic (exact) mass is 353 g/mol. The zero-order valence-corrected chi connectivity index (χ0v) is 12.8. The molecule has 0 unspecified atom stereocenters. The molecule has 1 aromatic heterocycles. The number of benzene rings is 1. The Hall–Kier alpha value is -2.84. The Morgan fingerprint density at radius 3 is 2.60 bits per heavy atom. The highest BCUT2D eigenvalue weighted by Crippen LogP contribution is 2.30. The molecule has 0 saturated heterocycles. The molecule has 6 nitrogen and oxygen atoms in total. The number of halogens is 3. The molecule has 0 bridgehead atoms. The van der Waals surface area contributed by atoms with E-state index in [1.807, 2.05) is 0 Å². The van der Waals surface area contributed by atoms with Crippen LogP contribution in [0.4, 0.5) is 13.2 Å². The van der Waals surface area contributed by atoms with Gasteiger partial charge in [0, 0.05) is 12.2 Å². The lowest BCUT2D eigenvalue weighted by Gasteiger charge is -2.32. The van der Waals surface area contributed by atoms with Crippen molar-refractivity contribution in [3.63, 3.8) is 0 Å². The van der Waals surface area contributed by atoms with E-state index >= 15 is 0 Å². The zero-order chi connectivity index (χ0) is 18.2. The Morgan fingerprint density at radius 1 is 1.24 bits per heavy atom. The van der Waals surface area contributed by atoms with Crippen LogP contribution in [0.3, 0.4) is 0 Å². The van der Waals surface area contributed by atoms with Gasteiger partial charge in [-0.05, 0) is 37.1 Å². The fourth-order valence-corrected chi connectivity index (χ4v) is 2.61. The standard InChI is InChI=1S/C16H14F3N3O3/c17-16(18,19)10-2-1-3-12(8-10)22-5-4-13(21-22)14(23)20-11-6-9(7-11)15(24)25/h1-5,8-9,11H,6-7H2,(H,20,23)(H,24,25). The van der Waals surface area contributed by atoms with Crippen molar-refractivity contribution in [3.05, 3.63) is 47.8 Å². The van der Waals surface area contributed by atoms with E-state index in [0.29, 0.717) is 12.8 Å². The summed E-state index contributed by atoms with van der Waals surface area (Å²) in [7, 11) is 0. The molecule has 0 spiro atoms. The number of carbonyl (C=O) groups excluding carboxylic acids is 1. The SMILES string of the molecule is O=C(NC1CC(C(=O)O)C1)c1ccn(-c2cccc(C(F)(F)F)c2)n1. The molecule has 9 heteroatoms. The van der Waals surface area contributed by atoms with Crippen molar-refractivity contribution in [2.24, 2.45) is 5.92 Å². The minimum atomic E-state index is -4.46. The zero-order valence-electron chi connectivity index (χ0n) is 12.8. The largest absolute Gasteiger partial charge is 0.481 e. The highest BCUT2D eigenvalue weighted by Gasteiger charge is 2.35. The van der Waals surface area contributed by atoms with E-state index in [1.165, 1.54) is 29.1 Å². The molecular weight excluding hydrogens is 339 g/mol. The second-order valence-corrected chi connectivity index (χ2v) is 5.87. The second kappa shape index (κ2) is 6.23. The van der Waals surface area contributed by atoms with Crippen LogP contribution in [0.2, 0.25) is 0 Å². The van der Waals surface area contributed by atoms with Crippen molar-refractivity contribution in [3.8, 4) is 5.69 Å². The number of hydrogen-bond acceptors (Lipinski definition) is 3. The van der Waals surface area contributed by atoms with Gasteiger partial charge in [0.1, 0.15) is 0 Å². The lowest BCUT2D eigenvalue weighted by molar-refractivity contribution is -0.145. The molecule has 1 heterocycles. The van der Waals surface area contributed by atoms with E-state index in [-0.39, 0.29) is 17.4 Å². The van der Waals surface area contributed by atoms with E-state index in [2.05, 4.69) is 10.4 Å². The average Bonchev–Trinajstić information content (AvgIpc) is 2.99. The summed E-state index contributed by atoms with van der Waals surface area (Å²) >= 11 is 0. The lowest BCUT2D eigenvalue weighted by atomic mass is 9.80. The van der Waals surface area contributed by atoms with Crippen LogP contribution >= 0.6 is 0 Å². The van der Waals surface area contributed by atoms with E-state index in [9.17, 15) is 22.8 Å². The summed E-state index contributed by atoms with van der Waals surface area (Å²) in [6.07, 6.45) is -2.36. The summed E-state index contributed by atoms with van der Waals surface area (Å²) < 4.78 is 39.5. The lowest BCUT2D eigenvalue weighted by Crippen LogP contribution is -2.46. The molecule has 1 aliphatic rings. The predicted molar refractivity (Wildman–Crippen MR) is 80.2 cm³/mol. The minimum absolute atomic E-state index is 0.0520. The summed E-state index contributed by atoms with van der Waals surface area (Å²) in [5.74, 6) is -1.83. The highest BCUT2D eigenvalue weighted by atomic mass is 19.4. The van der Waals surface area contributed by atoms with Gasteiger partial charge in [-0.1, -0.05) is 6.07 Å². The van der Waals surface area contributed by atoms with Gasteiger partial charge in [-0.3, -0.25) is 9.59 Å². The Kier molecular flexibility index (Phi) is 4.23. The number of nitrogens with zero attached hydrogens (tertiary/aromatic N) is 2. The first-order valence-electron chi connectivity index (χ1n) is 7.51. The summed E-state index contributed by atoms with van der Waals surface area (Å²) in [6, 6.07) is 5.78. The third-order valence-electron chi connectivity index (χ3n) is 4.08. The smallest absolute Gasteiger partial charge is 0.416 e. The predicted octanol–water partition coefficient (Wildman–Crippen LogP) is 2.48. The Morgan fingerprint density at radius 2 is 1.96 bits per heavy atom. The first-order valence-corrected chi connectivity index (χ1v) is 7.51. The summed E-state index contributed by atoms with van der Waals surface area (Å²) in [5.41, 5.74) is -0.569. The van der Waals surface area contributed by atoms with Gasteiger partial charge in [0.05, 0.1) is 17.2 Å². The van der Waals surface area contributed by atoms with Gasteiger partial charge < -0.3 is 10.4 Å². The molecule has 0 radical (unpaired) electrons. The fraction of sp³-hybridized carbons (Fsp3) is 0.312. The van der Waals surface area contributed by atoms with Crippen LogP contribution in [0.1, 0.15) is 28.9 Å². The average molecular weight is 353 g/mol. The normalized spacial score (nSPS) is 20.0. The van der Waals surface area contributed by atoms with E-state index in [1.54, 1.807) is 0 Å². The molecule has 1 aliphatic carbocycles. The van der Waals surface area contributed by atoms with E-state index < -0.39 is 29.5 Å². The number of aromatic nitrogens is 2. The van der Waals surface area contributed by atoms with Crippen LogP contribution in [-0.4, -0.2) is 32.8 Å². The maximum absolute atomic E-state index is 12.8. The maximum atomic E-state index is 12.8. The molecule has 2 N–H and O–H groups in total. The van der Waals surface area contributed by atoms with Crippen molar-refractivity contribution in [1.29, 1.82) is 0 Å². The molecular formula is C16H14F3N3O3. The highest BCUT2D eigenvalue weighted by molar-refractivity contribution is 5.92. The number of carbonyl (C=O) groups is 2. The van der Waals surface area contributed by atoms with Crippen molar-refractivity contribution < 1.29 is 27.9 Å². The Bertz CT molecular complexity index is 810. The van der Waals surface area contributed by atoms with Crippen molar-refractivity contribution in [2.45, 2.75) is 25.1 Å². The maximum Gasteiger partial charge on any atom is 0.416 e. The number of aliphatic carboxylic acids is 1. The van der Waals surface area contributed by atoms with Crippen LogP contribution < -0.4 is 5.32 Å². The molecule has 0 atom stereocenters. The summed E-state index contributed by atoms with van der Waals surface area (Å²) in [5, 5.41) is 15.5. The van der Waals surface area contributed by atoms with Crippen LogP contribution in [-0.2, 0) is 11.0 Å². The number of nitrogens with one attached hydrogen (secondary N) is 1. The first kappa shape index (κ1) is 17.0. The molecule has 1 saturated carbocycles. The fourth-order valence-electron chi connectivity index (χ4n) is 2.61. The van der Waals surface area contributed by atoms with Crippen molar-refractivity contribution in [1.82, 2.24) is 15.1 Å². The van der Waals surface area contributed by atoms with Gasteiger partial charge in [-0.25, -0.2) is 4.68 Å². The quantitative estimate of drug-likeness (QED) is 0.884. The molecule has 1 fully saturated rings. The third kappa shape index (κ3) is 3.65. The van der Waals surface area contributed by atoms with Gasteiger partial charge >= 0.3 is 12.1 Å². The van der Waals surface area contributed by atoms with Crippen LogP contribution in [0.15, 0.2) is 36.5 Å². The summed E-state index contributed by atoms with van der Waals surface area (Å²) in [4.78, 5) is 22.8. The van der Waals surface area contributed by atoms with Gasteiger partial charge in [-0.15, -0.1) is 0 Å². The minimum Gasteiger partial charge on any atom is -0.481 e. The molecule has 1 amide bonds. The van der Waals surface area contributed by atoms with E-state index in [0.717, 1.165) is 12.1 Å². The number of carboxylic acids is 1. The Balaban J connectivity index is 1.68. The first-order chi connectivity index (χ1) is 11.7. The number of rotatable bonds is 4. The van der Waals surface area contributed by atoms with Gasteiger partial charge in [0.25, 0.3) is 5.91 Å². The summed E-state index contributed by atoms with van der Waals surface area (Å²) in [6.45, 7) is 0. The third-order valence-corrected chi connectivity index (χ3v) is 4.08. The number of amides is 1.